The van der Waals surface area contributed by atoms with E-state index in [1.54, 1.807) is 85.8 Å². The van der Waals surface area contributed by atoms with Gasteiger partial charge < -0.3 is 37.9 Å². The topological polar surface area (TPSA) is 176 Å². The molecule has 14 nitrogen and oxygen atoms in total. The smallest absolute Gasteiger partial charge is 0.338 e. The van der Waals surface area contributed by atoms with Crippen molar-refractivity contribution < 1.29 is 66.7 Å². The van der Waals surface area contributed by atoms with Crippen molar-refractivity contribution in [2.24, 2.45) is 17.8 Å². The fraction of sp³-hybridized carbons (Fsp3) is 0.315. The first-order valence-corrected chi connectivity index (χ1v) is 30.1. The second kappa shape index (κ2) is 32.5. The number of fused-ring (bicyclic) bond motifs is 3. The lowest BCUT2D eigenvalue weighted by Gasteiger charge is -2.27. The Hall–Kier alpha value is -8.98. The summed E-state index contributed by atoms with van der Waals surface area (Å²) in [6, 6.07) is 63.0. The number of esters is 6. The van der Waals surface area contributed by atoms with Crippen LogP contribution in [0.5, 0.6) is 0 Å². The first-order valence-electron chi connectivity index (χ1n) is 30.1. The molecule has 0 radical (unpaired) electrons. The molecule has 4 unspecified atom stereocenters. The normalized spacial score (nSPS) is 19.4. The Kier molecular flexibility index (Phi) is 23.4. The molecule has 4 atom stereocenters. The lowest BCUT2D eigenvalue weighted by atomic mass is 9.83. The van der Waals surface area contributed by atoms with Crippen molar-refractivity contribution in [1.29, 1.82) is 0 Å². The average Bonchev–Trinajstić information content (AvgIpc) is 4.33. The van der Waals surface area contributed by atoms with Gasteiger partial charge in [-0.05, 0) is 158 Å². The lowest BCUT2D eigenvalue weighted by molar-refractivity contribution is -0.0287. The van der Waals surface area contributed by atoms with Crippen molar-refractivity contribution in [1.82, 2.24) is 0 Å². The fourth-order valence-corrected chi connectivity index (χ4v) is 10.9. The van der Waals surface area contributed by atoms with Crippen LogP contribution in [0.25, 0.3) is 21.5 Å². The van der Waals surface area contributed by atoms with Crippen LogP contribution >= 0.6 is 0 Å². The third-order valence-corrected chi connectivity index (χ3v) is 15.8. The van der Waals surface area contributed by atoms with Gasteiger partial charge >= 0.3 is 35.8 Å². The third kappa shape index (κ3) is 18.5. The predicted octanol–water partition coefficient (Wildman–Crippen LogP) is 14.3. The highest BCUT2D eigenvalue weighted by atomic mass is 16.7. The molecule has 0 aromatic heterocycles. The molecule has 0 bridgehead atoms. The van der Waals surface area contributed by atoms with Crippen molar-refractivity contribution >= 4 is 57.4 Å². The molecule has 2 heterocycles. The summed E-state index contributed by atoms with van der Waals surface area (Å²) in [6.07, 6.45) is 8.35. The van der Waals surface area contributed by atoms with Crippen molar-refractivity contribution in [3.05, 3.63) is 240 Å². The number of carbonyl (C=O) groups is 6. The van der Waals surface area contributed by atoms with E-state index < -0.39 is 36.4 Å². The van der Waals surface area contributed by atoms with Crippen LogP contribution in [0.2, 0.25) is 0 Å². The van der Waals surface area contributed by atoms with Crippen LogP contribution in [-0.2, 0) is 37.9 Å². The highest BCUT2D eigenvalue weighted by Crippen LogP contribution is 2.33. The van der Waals surface area contributed by atoms with Gasteiger partial charge in [-0.3, -0.25) is 0 Å². The molecule has 0 N–H and O–H groups in total. The molecular weight excluding hydrogens is 1100 g/mol. The van der Waals surface area contributed by atoms with E-state index >= 15 is 0 Å². The van der Waals surface area contributed by atoms with Gasteiger partial charge in [0.1, 0.15) is 12.2 Å². The second-order valence-electron chi connectivity index (χ2n) is 22.0. The SMILES string of the molecule is CCOC(=O)c1ccc2ccccc2c1.O=C(OC1COC2C(OC(=O)c3ccccc3)COC12)c1ccccc1.O=C(OCC1CCC(COC(=O)c2ccccc2)CC1)c1ccccc1.O=C(OCC1CCCCC1)c1ccc2ccccc2c1. The highest BCUT2D eigenvalue weighted by Gasteiger charge is 2.51. The minimum absolute atomic E-state index is 0.193. The van der Waals surface area contributed by atoms with Crippen LogP contribution in [0.4, 0.5) is 0 Å². The van der Waals surface area contributed by atoms with Gasteiger partial charge in [0.15, 0.2) is 12.2 Å². The fourth-order valence-electron chi connectivity index (χ4n) is 10.9. The van der Waals surface area contributed by atoms with E-state index in [1.165, 1.54) is 32.1 Å². The Bertz CT molecular complexity index is 3360. The molecule has 2 aliphatic carbocycles. The Morgan fingerprint density at radius 3 is 1.01 bits per heavy atom. The van der Waals surface area contributed by atoms with Gasteiger partial charge in [-0.1, -0.05) is 153 Å². The van der Waals surface area contributed by atoms with Crippen molar-refractivity contribution in [2.75, 3.05) is 39.6 Å². The van der Waals surface area contributed by atoms with Crippen LogP contribution in [0.15, 0.2) is 206 Å². The number of benzene rings is 8. The largest absolute Gasteiger partial charge is 0.462 e. The van der Waals surface area contributed by atoms with E-state index in [9.17, 15) is 28.8 Å². The van der Waals surface area contributed by atoms with Gasteiger partial charge in [0, 0.05) is 0 Å². The summed E-state index contributed by atoms with van der Waals surface area (Å²) in [7, 11) is 0. The summed E-state index contributed by atoms with van der Waals surface area (Å²) in [4.78, 5) is 72.0. The number of hydrogen-bond acceptors (Lipinski definition) is 14. The van der Waals surface area contributed by atoms with E-state index in [2.05, 4.69) is 0 Å². The minimum atomic E-state index is -0.520. The molecule has 2 aliphatic heterocycles. The molecule has 2 saturated carbocycles. The molecule has 0 amide bonds. The summed E-state index contributed by atoms with van der Waals surface area (Å²) >= 11 is 0. The maximum absolute atomic E-state index is 12.2. The number of hydrogen-bond donors (Lipinski definition) is 0. The lowest BCUT2D eigenvalue weighted by Crippen LogP contribution is -2.36. The second-order valence-corrected chi connectivity index (χ2v) is 22.0. The van der Waals surface area contributed by atoms with Crippen LogP contribution in [0, 0.1) is 17.8 Å². The molecule has 4 aliphatic rings. The minimum Gasteiger partial charge on any atom is -0.462 e. The molecule has 14 heteroatoms. The van der Waals surface area contributed by atoms with E-state index in [-0.39, 0.29) is 37.1 Å². The summed E-state index contributed by atoms with van der Waals surface area (Å²) in [5, 5.41) is 4.42. The van der Waals surface area contributed by atoms with Gasteiger partial charge in [0.05, 0.1) is 73.0 Å². The van der Waals surface area contributed by atoms with Crippen LogP contribution in [0.3, 0.4) is 0 Å². The zero-order valence-electron chi connectivity index (χ0n) is 49.0. The average molecular weight is 1180 g/mol. The summed E-state index contributed by atoms with van der Waals surface area (Å²) in [6.45, 7) is 4.14. The molecular formula is C73H74O14. The maximum Gasteiger partial charge on any atom is 0.338 e. The Morgan fingerprint density at radius 1 is 0.333 bits per heavy atom. The van der Waals surface area contributed by atoms with Crippen LogP contribution in [0.1, 0.15) is 127 Å². The summed E-state index contributed by atoms with van der Waals surface area (Å²) in [5.74, 6) is -0.472. The summed E-state index contributed by atoms with van der Waals surface area (Å²) < 4.78 is 43.7. The first-order chi connectivity index (χ1) is 42.6. The zero-order chi connectivity index (χ0) is 60.6. The van der Waals surface area contributed by atoms with Crippen molar-refractivity contribution in [2.45, 2.75) is 89.1 Å². The van der Waals surface area contributed by atoms with E-state index in [0.717, 1.165) is 47.2 Å². The Balaban J connectivity index is 0.000000141. The van der Waals surface area contributed by atoms with Gasteiger partial charge in [0.2, 0.25) is 0 Å². The van der Waals surface area contributed by atoms with Crippen molar-refractivity contribution in [3.63, 3.8) is 0 Å². The third-order valence-electron chi connectivity index (χ3n) is 15.8. The van der Waals surface area contributed by atoms with Gasteiger partial charge in [-0.15, -0.1) is 0 Å². The standard InChI is InChI=1S/C22H24O4.C20H18O6.C18H20O2.C13H12O2/c23-21(19-7-3-1-4-8-19)25-15-17-11-13-18(14-12-17)16-26-22(24)20-9-5-2-6-10-20;21-19(13-7-3-1-4-8-13)25-15-11-23-18-16(12-24-17(15)18)26-20(22)14-9-5-2-6-10-14;19-18(20-13-14-6-2-1-3-7-14)17-11-10-15-8-4-5-9-16(15)12-17;1-2-15-13(14)12-8-7-10-5-3-4-6-11(10)9-12/h1-10,17-18H,11-16H2;1-10,15-18H,11-12H2;4-5,8-12,14H,1-3,6-7,13H2;3-9H,2H2,1H3. The molecule has 450 valence electrons. The molecule has 0 spiro atoms. The molecule has 4 fully saturated rings. The van der Waals surface area contributed by atoms with Gasteiger partial charge in [-0.25, -0.2) is 28.8 Å². The maximum atomic E-state index is 12.2. The molecule has 87 heavy (non-hydrogen) atoms. The highest BCUT2D eigenvalue weighted by molar-refractivity contribution is 5.96. The van der Waals surface area contributed by atoms with Gasteiger partial charge in [0.25, 0.3) is 0 Å². The molecule has 12 rings (SSSR count). The van der Waals surface area contributed by atoms with Gasteiger partial charge in [-0.2, -0.15) is 0 Å². The Morgan fingerprint density at radius 2 is 0.644 bits per heavy atom. The molecule has 2 saturated heterocycles. The van der Waals surface area contributed by atoms with Crippen LogP contribution < -0.4 is 0 Å². The first kappa shape index (κ1) is 62.5. The quantitative estimate of drug-likeness (QED) is 0.0700. The zero-order valence-corrected chi connectivity index (χ0v) is 49.0. The molecule has 8 aromatic rings. The van der Waals surface area contributed by atoms with Crippen LogP contribution in [-0.4, -0.2) is 99.9 Å². The summed E-state index contributed by atoms with van der Waals surface area (Å²) in [5.41, 5.74) is 3.39. The monoisotopic (exact) mass is 1170 g/mol. The van der Waals surface area contributed by atoms with E-state index in [4.69, 9.17) is 37.9 Å². The predicted molar refractivity (Wildman–Crippen MR) is 330 cm³/mol. The number of ether oxygens (including phenoxy) is 8. The number of rotatable bonds is 15. The van der Waals surface area contributed by atoms with E-state index in [0.29, 0.717) is 77.6 Å². The number of carbonyl (C=O) groups excluding carboxylic acids is 6. The van der Waals surface area contributed by atoms with E-state index in [1.807, 2.05) is 127 Å². The van der Waals surface area contributed by atoms with Crippen molar-refractivity contribution in [3.8, 4) is 0 Å². The molecule has 8 aromatic carbocycles. The Labute approximate surface area is 508 Å².